The van der Waals surface area contributed by atoms with E-state index in [1.165, 1.54) is 15.4 Å². The van der Waals surface area contributed by atoms with Gasteiger partial charge in [0.1, 0.15) is 38.5 Å². The number of carbonyl (C=O) groups excluding carboxylic acids is 1. The Morgan fingerprint density at radius 2 is 1.79 bits per heavy atom. The van der Waals surface area contributed by atoms with Crippen LogP contribution in [-0.2, 0) is 11.3 Å². The minimum Gasteiger partial charge on any atom is -0.492 e. The first kappa shape index (κ1) is 19.5. The number of nitrogens with one attached hydrogen (secondary N) is 3. The van der Waals surface area contributed by atoms with Gasteiger partial charge in [-0.25, -0.2) is 0 Å². The molecule has 0 saturated carbocycles. The molecule has 2 aromatic carbocycles. The number of carbonyl (C=O) groups is 1. The Hall–Kier alpha value is -2.77. The zero-order valence-electron chi connectivity index (χ0n) is 16.8. The van der Waals surface area contributed by atoms with Gasteiger partial charge in [-0.1, -0.05) is 12.1 Å². The van der Waals surface area contributed by atoms with Gasteiger partial charge in [-0.2, -0.15) is 0 Å². The normalized spacial score (nSPS) is 20.3. The lowest BCUT2D eigenvalue weighted by Crippen LogP contribution is -3.28. The molecule has 0 aromatic heterocycles. The fourth-order valence-corrected chi connectivity index (χ4v) is 3.92. The van der Waals surface area contributed by atoms with Crippen molar-refractivity contribution >= 4 is 11.6 Å². The molecule has 7 nitrogen and oxygen atoms in total. The van der Waals surface area contributed by atoms with Gasteiger partial charge < -0.3 is 29.3 Å². The zero-order valence-corrected chi connectivity index (χ0v) is 16.8. The van der Waals surface area contributed by atoms with Crippen LogP contribution in [-0.4, -0.2) is 52.0 Å². The molecule has 1 fully saturated rings. The van der Waals surface area contributed by atoms with Crippen LogP contribution in [0.5, 0.6) is 17.2 Å². The molecule has 2 aliphatic heterocycles. The summed E-state index contributed by atoms with van der Waals surface area (Å²) in [6, 6.07) is 13.8. The van der Waals surface area contributed by atoms with E-state index in [4.69, 9.17) is 14.2 Å². The number of hydrogen-bond donors (Lipinski definition) is 3. The summed E-state index contributed by atoms with van der Waals surface area (Å²) in [5.41, 5.74) is 2.00. The molecule has 0 aliphatic carbocycles. The SMILES string of the molecule is CCOc1ccccc1NC(=O)C[NH+]1CC[NH+](Cc2ccc3c(c2)OCO3)CC1. The van der Waals surface area contributed by atoms with Gasteiger partial charge >= 0.3 is 0 Å². The van der Waals surface area contributed by atoms with Crippen molar-refractivity contribution in [1.29, 1.82) is 0 Å². The van der Waals surface area contributed by atoms with E-state index in [0.29, 0.717) is 19.9 Å². The molecular weight excluding hydrogens is 370 g/mol. The summed E-state index contributed by atoms with van der Waals surface area (Å²) in [5.74, 6) is 2.42. The Morgan fingerprint density at radius 1 is 1.03 bits per heavy atom. The highest BCUT2D eigenvalue weighted by Gasteiger charge is 2.25. The lowest BCUT2D eigenvalue weighted by atomic mass is 10.1. The van der Waals surface area contributed by atoms with E-state index in [-0.39, 0.29) is 5.91 Å². The summed E-state index contributed by atoms with van der Waals surface area (Å²) in [5, 5.41) is 3.00. The van der Waals surface area contributed by atoms with Crippen LogP contribution in [0.15, 0.2) is 42.5 Å². The van der Waals surface area contributed by atoms with Crippen LogP contribution in [0.1, 0.15) is 12.5 Å². The number of benzene rings is 2. The van der Waals surface area contributed by atoms with Gasteiger partial charge in [0, 0.05) is 5.56 Å². The van der Waals surface area contributed by atoms with Gasteiger partial charge in [0.25, 0.3) is 5.91 Å². The monoisotopic (exact) mass is 399 g/mol. The van der Waals surface area contributed by atoms with E-state index < -0.39 is 0 Å². The number of rotatable bonds is 7. The molecule has 1 saturated heterocycles. The van der Waals surface area contributed by atoms with Crippen LogP contribution in [0.2, 0.25) is 0 Å². The third kappa shape index (κ3) is 4.99. The van der Waals surface area contributed by atoms with Gasteiger partial charge in [0.2, 0.25) is 6.79 Å². The molecule has 3 N–H and O–H groups in total. The molecule has 2 heterocycles. The third-order valence-corrected chi connectivity index (χ3v) is 5.43. The second-order valence-electron chi connectivity index (χ2n) is 7.52. The van der Waals surface area contributed by atoms with Gasteiger partial charge in [-0.05, 0) is 37.3 Å². The average Bonchev–Trinajstić information content (AvgIpc) is 3.19. The van der Waals surface area contributed by atoms with Crippen LogP contribution in [0, 0.1) is 0 Å². The van der Waals surface area contributed by atoms with Crippen molar-refractivity contribution in [3.05, 3.63) is 48.0 Å². The van der Waals surface area contributed by atoms with E-state index >= 15 is 0 Å². The van der Waals surface area contributed by atoms with Crippen molar-refractivity contribution in [3.8, 4) is 17.2 Å². The molecule has 4 rings (SSSR count). The largest absolute Gasteiger partial charge is 0.492 e. The average molecular weight is 399 g/mol. The van der Waals surface area contributed by atoms with Gasteiger partial charge in [0.15, 0.2) is 18.0 Å². The first-order valence-electron chi connectivity index (χ1n) is 10.3. The fraction of sp³-hybridized carbons (Fsp3) is 0.409. The molecule has 2 aromatic rings. The zero-order chi connectivity index (χ0) is 20.1. The number of fused-ring (bicyclic) bond motifs is 1. The van der Waals surface area contributed by atoms with Crippen molar-refractivity contribution in [2.24, 2.45) is 0 Å². The molecule has 29 heavy (non-hydrogen) atoms. The molecule has 0 spiro atoms. The highest BCUT2D eigenvalue weighted by atomic mass is 16.7. The Bertz CT molecular complexity index is 850. The third-order valence-electron chi connectivity index (χ3n) is 5.43. The quantitative estimate of drug-likeness (QED) is 0.600. The number of quaternary nitrogens is 2. The summed E-state index contributed by atoms with van der Waals surface area (Å²) < 4.78 is 16.4. The van der Waals surface area contributed by atoms with Crippen LogP contribution < -0.4 is 29.3 Å². The van der Waals surface area contributed by atoms with Crippen molar-refractivity contribution in [1.82, 2.24) is 0 Å². The van der Waals surface area contributed by atoms with Crippen LogP contribution in [0.3, 0.4) is 0 Å². The number of amides is 1. The van der Waals surface area contributed by atoms with Crippen molar-refractivity contribution in [2.45, 2.75) is 13.5 Å². The van der Waals surface area contributed by atoms with E-state index in [9.17, 15) is 4.79 Å². The first-order valence-corrected chi connectivity index (χ1v) is 10.3. The molecule has 2 aliphatic rings. The smallest absolute Gasteiger partial charge is 0.279 e. The number of anilines is 1. The first-order chi connectivity index (χ1) is 14.2. The summed E-state index contributed by atoms with van der Waals surface area (Å²) in [7, 11) is 0. The molecule has 0 unspecified atom stereocenters. The predicted octanol–water partition coefficient (Wildman–Crippen LogP) is -0.264. The standard InChI is InChI=1S/C22H27N3O4/c1-2-27-19-6-4-3-5-18(19)23-22(26)15-25-11-9-24(10-12-25)14-17-7-8-20-21(13-17)29-16-28-20/h3-8,13H,2,9-12,14-16H2,1H3,(H,23,26)/p+2. The van der Waals surface area contributed by atoms with E-state index in [1.807, 2.05) is 37.3 Å². The maximum atomic E-state index is 12.5. The predicted molar refractivity (Wildman–Crippen MR) is 109 cm³/mol. The number of para-hydroxylation sites is 2. The van der Waals surface area contributed by atoms with E-state index in [0.717, 1.165) is 55.7 Å². The summed E-state index contributed by atoms with van der Waals surface area (Å²) in [4.78, 5) is 15.4. The summed E-state index contributed by atoms with van der Waals surface area (Å²) >= 11 is 0. The molecule has 154 valence electrons. The van der Waals surface area contributed by atoms with E-state index in [2.05, 4.69) is 17.4 Å². The minimum atomic E-state index is 0.0337. The van der Waals surface area contributed by atoms with Gasteiger partial charge in [0.05, 0.1) is 12.3 Å². The number of piperazine rings is 1. The molecule has 0 bridgehead atoms. The Kier molecular flexibility index (Phi) is 6.17. The van der Waals surface area contributed by atoms with Crippen LogP contribution in [0.4, 0.5) is 5.69 Å². The number of hydrogen-bond acceptors (Lipinski definition) is 4. The minimum absolute atomic E-state index is 0.0337. The topological polar surface area (TPSA) is 65.7 Å². The second-order valence-corrected chi connectivity index (χ2v) is 7.52. The van der Waals surface area contributed by atoms with Crippen molar-refractivity contribution in [3.63, 3.8) is 0 Å². The lowest BCUT2D eigenvalue weighted by Gasteiger charge is -2.29. The lowest BCUT2D eigenvalue weighted by molar-refractivity contribution is -1.02. The van der Waals surface area contributed by atoms with Crippen molar-refractivity contribution in [2.75, 3.05) is 51.4 Å². The highest BCUT2D eigenvalue weighted by Crippen LogP contribution is 2.32. The van der Waals surface area contributed by atoms with Crippen LogP contribution >= 0.6 is 0 Å². The maximum Gasteiger partial charge on any atom is 0.279 e. The van der Waals surface area contributed by atoms with Gasteiger partial charge in [-0.3, -0.25) is 4.79 Å². The van der Waals surface area contributed by atoms with Gasteiger partial charge in [-0.15, -0.1) is 0 Å². The maximum absolute atomic E-state index is 12.5. The number of ether oxygens (including phenoxy) is 3. The van der Waals surface area contributed by atoms with Crippen LogP contribution in [0.25, 0.3) is 0 Å². The molecule has 0 radical (unpaired) electrons. The molecular formula is C22H29N3O4+2. The summed E-state index contributed by atoms with van der Waals surface area (Å²) in [6.45, 7) is 8.35. The Labute approximate surface area is 171 Å². The Balaban J connectivity index is 1.24. The molecule has 0 atom stereocenters. The summed E-state index contributed by atoms with van der Waals surface area (Å²) in [6.07, 6.45) is 0. The Morgan fingerprint density at radius 3 is 2.62 bits per heavy atom. The molecule has 7 heteroatoms. The highest BCUT2D eigenvalue weighted by molar-refractivity contribution is 5.92. The fourth-order valence-electron chi connectivity index (χ4n) is 3.92. The van der Waals surface area contributed by atoms with Crippen molar-refractivity contribution < 1.29 is 28.8 Å². The van der Waals surface area contributed by atoms with E-state index in [1.54, 1.807) is 0 Å². The molecule has 1 amide bonds. The second kappa shape index (κ2) is 9.15.